The molecule has 1 N–H and O–H groups in total. The minimum absolute atomic E-state index is 0.232. The molecule has 0 saturated carbocycles. The van der Waals surface area contributed by atoms with E-state index >= 15 is 0 Å². The Balaban J connectivity index is 2.17. The number of hydrogen-bond donors (Lipinski definition) is 1. The van der Waals surface area contributed by atoms with E-state index in [4.69, 9.17) is 9.84 Å². The van der Waals surface area contributed by atoms with E-state index in [0.29, 0.717) is 18.2 Å². The molecule has 0 aliphatic carbocycles. The van der Waals surface area contributed by atoms with Gasteiger partial charge in [0.25, 0.3) is 0 Å². The van der Waals surface area contributed by atoms with Crippen molar-refractivity contribution in [1.29, 1.82) is 0 Å². The van der Waals surface area contributed by atoms with Gasteiger partial charge in [-0.15, -0.1) is 0 Å². The van der Waals surface area contributed by atoms with E-state index in [-0.39, 0.29) is 5.56 Å². The fourth-order valence-corrected chi connectivity index (χ4v) is 1.71. The summed E-state index contributed by atoms with van der Waals surface area (Å²) >= 11 is 0. The first-order valence-corrected chi connectivity index (χ1v) is 6.49. The van der Waals surface area contributed by atoms with Gasteiger partial charge in [-0.25, -0.2) is 4.79 Å². The summed E-state index contributed by atoms with van der Waals surface area (Å²) in [6.07, 6.45) is 1.50. The van der Waals surface area contributed by atoms with Crippen LogP contribution in [0.15, 0.2) is 42.6 Å². The summed E-state index contributed by atoms with van der Waals surface area (Å²) < 4.78 is 5.61. The summed E-state index contributed by atoms with van der Waals surface area (Å²) in [5, 5.41) is 8.97. The molecule has 0 amide bonds. The van der Waals surface area contributed by atoms with Crippen molar-refractivity contribution in [2.24, 2.45) is 5.92 Å². The van der Waals surface area contributed by atoms with Crippen molar-refractivity contribution in [1.82, 2.24) is 4.98 Å². The van der Waals surface area contributed by atoms with Crippen molar-refractivity contribution in [3.8, 4) is 17.0 Å². The van der Waals surface area contributed by atoms with Gasteiger partial charge >= 0.3 is 5.97 Å². The summed E-state index contributed by atoms with van der Waals surface area (Å²) in [6, 6.07) is 10.5. The number of hydrogen-bond acceptors (Lipinski definition) is 3. The molecule has 1 aromatic heterocycles. The van der Waals surface area contributed by atoms with Crippen molar-refractivity contribution in [2.45, 2.75) is 13.8 Å². The van der Waals surface area contributed by atoms with Gasteiger partial charge < -0.3 is 9.84 Å². The summed E-state index contributed by atoms with van der Waals surface area (Å²) in [6.45, 7) is 4.86. The minimum Gasteiger partial charge on any atom is -0.493 e. The zero-order chi connectivity index (χ0) is 14.5. The average molecular weight is 271 g/mol. The normalized spacial score (nSPS) is 10.6. The number of carboxylic acid groups (broad SMARTS) is 1. The van der Waals surface area contributed by atoms with Gasteiger partial charge in [0, 0.05) is 11.8 Å². The molecular weight excluding hydrogens is 254 g/mol. The van der Waals surface area contributed by atoms with Gasteiger partial charge in [0.05, 0.1) is 17.9 Å². The topological polar surface area (TPSA) is 59.4 Å². The summed E-state index contributed by atoms with van der Waals surface area (Å²) in [5.74, 6) is 0.325. The van der Waals surface area contributed by atoms with Crippen LogP contribution in [-0.2, 0) is 0 Å². The molecule has 0 aliphatic rings. The molecule has 0 fully saturated rings. The van der Waals surface area contributed by atoms with E-state index in [1.54, 1.807) is 6.07 Å². The molecular formula is C16H17NO3. The lowest BCUT2D eigenvalue weighted by molar-refractivity contribution is 0.0697. The minimum atomic E-state index is -0.953. The Morgan fingerprint density at radius 3 is 2.55 bits per heavy atom. The lowest BCUT2D eigenvalue weighted by atomic mass is 10.1. The fourth-order valence-electron chi connectivity index (χ4n) is 1.71. The Kier molecular flexibility index (Phi) is 4.35. The molecule has 20 heavy (non-hydrogen) atoms. The lowest BCUT2D eigenvalue weighted by Gasteiger charge is -2.09. The second kappa shape index (κ2) is 6.19. The summed E-state index contributed by atoms with van der Waals surface area (Å²) in [4.78, 5) is 15.1. The summed E-state index contributed by atoms with van der Waals surface area (Å²) in [7, 11) is 0. The lowest BCUT2D eigenvalue weighted by Crippen LogP contribution is -2.04. The SMILES string of the molecule is CC(C)COc1ccc(-c2cc(C(=O)O)ccn2)cc1. The number of rotatable bonds is 5. The third-order valence-electron chi connectivity index (χ3n) is 2.74. The number of carboxylic acids is 1. The second-order valence-electron chi connectivity index (χ2n) is 4.96. The third kappa shape index (κ3) is 3.57. The van der Waals surface area contributed by atoms with Gasteiger partial charge in [0.2, 0.25) is 0 Å². The van der Waals surface area contributed by atoms with Crippen LogP contribution < -0.4 is 4.74 Å². The van der Waals surface area contributed by atoms with E-state index in [1.807, 2.05) is 24.3 Å². The van der Waals surface area contributed by atoms with Gasteiger partial charge in [-0.1, -0.05) is 13.8 Å². The van der Waals surface area contributed by atoms with E-state index in [1.165, 1.54) is 12.3 Å². The van der Waals surface area contributed by atoms with Crippen LogP contribution in [-0.4, -0.2) is 22.7 Å². The van der Waals surface area contributed by atoms with Crippen LogP contribution in [0.1, 0.15) is 24.2 Å². The molecule has 0 bridgehead atoms. The molecule has 0 radical (unpaired) electrons. The van der Waals surface area contributed by atoms with Crippen molar-refractivity contribution >= 4 is 5.97 Å². The molecule has 0 atom stereocenters. The van der Waals surface area contributed by atoms with E-state index < -0.39 is 5.97 Å². The van der Waals surface area contributed by atoms with Crippen LogP contribution in [0.3, 0.4) is 0 Å². The van der Waals surface area contributed by atoms with E-state index in [0.717, 1.165) is 11.3 Å². The quantitative estimate of drug-likeness (QED) is 0.904. The first kappa shape index (κ1) is 14.1. The maximum Gasteiger partial charge on any atom is 0.335 e. The number of benzene rings is 1. The first-order valence-electron chi connectivity index (χ1n) is 6.49. The van der Waals surface area contributed by atoms with E-state index in [9.17, 15) is 4.79 Å². The molecule has 0 aliphatic heterocycles. The van der Waals surface area contributed by atoms with Gasteiger partial charge in [-0.3, -0.25) is 4.98 Å². The number of aromatic nitrogens is 1. The van der Waals surface area contributed by atoms with Gasteiger partial charge in [-0.2, -0.15) is 0 Å². The zero-order valence-electron chi connectivity index (χ0n) is 11.5. The van der Waals surface area contributed by atoms with Crippen molar-refractivity contribution in [3.63, 3.8) is 0 Å². The molecule has 0 saturated heterocycles. The van der Waals surface area contributed by atoms with Gasteiger partial charge in [0.1, 0.15) is 5.75 Å². The van der Waals surface area contributed by atoms with Gasteiger partial charge in [0.15, 0.2) is 0 Å². The van der Waals surface area contributed by atoms with Crippen molar-refractivity contribution in [2.75, 3.05) is 6.61 Å². The maximum absolute atomic E-state index is 10.9. The zero-order valence-corrected chi connectivity index (χ0v) is 11.5. The Hall–Kier alpha value is -2.36. The van der Waals surface area contributed by atoms with Crippen LogP contribution in [0.25, 0.3) is 11.3 Å². The molecule has 104 valence electrons. The molecule has 2 aromatic rings. The molecule has 2 rings (SSSR count). The predicted molar refractivity (Wildman–Crippen MR) is 77.0 cm³/mol. The molecule has 1 heterocycles. The maximum atomic E-state index is 10.9. The highest BCUT2D eigenvalue weighted by Gasteiger charge is 2.06. The van der Waals surface area contributed by atoms with Gasteiger partial charge in [-0.05, 0) is 42.3 Å². The third-order valence-corrected chi connectivity index (χ3v) is 2.74. The Morgan fingerprint density at radius 2 is 1.95 bits per heavy atom. The molecule has 4 nitrogen and oxygen atoms in total. The highest BCUT2D eigenvalue weighted by Crippen LogP contribution is 2.21. The molecule has 0 spiro atoms. The smallest absolute Gasteiger partial charge is 0.335 e. The number of carbonyl (C=O) groups is 1. The number of aromatic carboxylic acids is 1. The highest BCUT2D eigenvalue weighted by molar-refractivity contribution is 5.88. The van der Waals surface area contributed by atoms with Crippen LogP contribution in [0, 0.1) is 5.92 Å². The largest absolute Gasteiger partial charge is 0.493 e. The Morgan fingerprint density at radius 1 is 1.25 bits per heavy atom. The Labute approximate surface area is 118 Å². The molecule has 1 aromatic carbocycles. The van der Waals surface area contributed by atoms with Crippen molar-refractivity contribution < 1.29 is 14.6 Å². The van der Waals surface area contributed by atoms with Crippen LogP contribution in [0.2, 0.25) is 0 Å². The van der Waals surface area contributed by atoms with Crippen LogP contribution in [0.4, 0.5) is 0 Å². The molecule has 0 unspecified atom stereocenters. The Bertz CT molecular complexity index is 591. The standard InChI is InChI=1S/C16H17NO3/c1-11(2)10-20-14-5-3-12(4-6-14)15-9-13(16(18)19)7-8-17-15/h3-9,11H,10H2,1-2H3,(H,18,19). The van der Waals surface area contributed by atoms with Crippen LogP contribution >= 0.6 is 0 Å². The number of ether oxygens (including phenoxy) is 1. The van der Waals surface area contributed by atoms with Crippen LogP contribution in [0.5, 0.6) is 5.75 Å². The number of nitrogens with zero attached hydrogens (tertiary/aromatic N) is 1. The molecule has 4 heteroatoms. The highest BCUT2D eigenvalue weighted by atomic mass is 16.5. The predicted octanol–water partition coefficient (Wildman–Crippen LogP) is 3.48. The van der Waals surface area contributed by atoms with E-state index in [2.05, 4.69) is 18.8 Å². The van der Waals surface area contributed by atoms with Crippen molar-refractivity contribution in [3.05, 3.63) is 48.2 Å². The average Bonchev–Trinajstić information content (AvgIpc) is 2.46. The monoisotopic (exact) mass is 271 g/mol. The first-order chi connectivity index (χ1) is 9.56. The summed E-state index contributed by atoms with van der Waals surface area (Å²) in [5.41, 5.74) is 1.74. The second-order valence-corrected chi connectivity index (χ2v) is 4.96. The number of pyridine rings is 1. The fraction of sp³-hybridized carbons (Fsp3) is 0.250.